The minimum atomic E-state index is -0.911. The Labute approximate surface area is 200 Å². The van der Waals surface area contributed by atoms with E-state index < -0.39 is 23.4 Å². The lowest BCUT2D eigenvalue weighted by Crippen LogP contribution is -2.37. The summed E-state index contributed by atoms with van der Waals surface area (Å²) in [6, 6.07) is 11.9. The number of ether oxygens (including phenoxy) is 1. The molecular formula is C24H16F2N4O4S. The van der Waals surface area contributed by atoms with Gasteiger partial charge in [0, 0.05) is 22.6 Å². The number of nitrogens with zero attached hydrogens (tertiary/aromatic N) is 3. The average molecular weight is 494 g/mol. The summed E-state index contributed by atoms with van der Waals surface area (Å²) in [7, 11) is 2.94. The number of nitrogens with two attached hydrogens (primary N) is 1. The number of rotatable bonds is 5. The van der Waals surface area contributed by atoms with E-state index in [0.717, 1.165) is 28.2 Å². The normalized spacial score (nSPS) is 11.2. The summed E-state index contributed by atoms with van der Waals surface area (Å²) < 4.78 is 39.3. The largest absolute Gasteiger partial charge is 0.539 e. The zero-order chi connectivity index (χ0) is 24.9. The standard InChI is InChI=1S/C24H16F2N4O4S/c1-30-20(24(32)34-29-30)21(31)22-19(27)18-15(14-8-5-12(25)9-16(14)26)10-17(28-23(18)35-22)11-3-6-13(33-2)7-4-11/h3-10H,1-2H3,(H2-,27,29,31,32). The maximum atomic E-state index is 14.9. The second-order valence-corrected chi connectivity index (χ2v) is 8.59. The van der Waals surface area contributed by atoms with E-state index in [0.29, 0.717) is 32.8 Å². The molecule has 0 saturated carbocycles. The number of anilines is 1. The summed E-state index contributed by atoms with van der Waals surface area (Å²) in [4.78, 5) is 18.2. The van der Waals surface area contributed by atoms with Crippen molar-refractivity contribution in [1.82, 2.24) is 10.3 Å². The third-order valence-electron chi connectivity index (χ3n) is 5.49. The number of thiophene rings is 1. The summed E-state index contributed by atoms with van der Waals surface area (Å²) in [6.07, 6.45) is 0. The Morgan fingerprint density at radius 1 is 1.14 bits per heavy atom. The second-order valence-electron chi connectivity index (χ2n) is 7.59. The number of hydrogen-bond donors (Lipinski definition) is 1. The molecule has 0 aliphatic carbocycles. The maximum Gasteiger partial charge on any atom is 0.305 e. The lowest BCUT2D eigenvalue weighted by atomic mass is 9.98. The van der Waals surface area contributed by atoms with Crippen LogP contribution in [0.4, 0.5) is 14.5 Å². The number of nitrogen functional groups attached to an aromatic ring is 1. The van der Waals surface area contributed by atoms with Crippen LogP contribution in [0.5, 0.6) is 11.7 Å². The van der Waals surface area contributed by atoms with Crippen LogP contribution in [0.1, 0.15) is 15.4 Å². The topological polar surface area (TPSA) is 118 Å². The van der Waals surface area contributed by atoms with Crippen LogP contribution in [0, 0.1) is 11.6 Å². The summed E-state index contributed by atoms with van der Waals surface area (Å²) in [5, 5.41) is 15.8. The molecule has 0 spiro atoms. The number of carbonyl (C=O) groups is 1. The number of fused-ring (bicyclic) bond motifs is 1. The van der Waals surface area contributed by atoms with Gasteiger partial charge >= 0.3 is 5.69 Å². The van der Waals surface area contributed by atoms with Gasteiger partial charge in [0.2, 0.25) is 0 Å². The first kappa shape index (κ1) is 22.4. The molecule has 35 heavy (non-hydrogen) atoms. The van der Waals surface area contributed by atoms with Gasteiger partial charge in [-0.15, -0.1) is 11.3 Å². The Bertz CT molecular complexity index is 1590. The minimum Gasteiger partial charge on any atom is -0.539 e. The van der Waals surface area contributed by atoms with Gasteiger partial charge in [-0.05, 0) is 48.0 Å². The van der Waals surface area contributed by atoms with Gasteiger partial charge in [0.05, 0.1) is 23.8 Å². The van der Waals surface area contributed by atoms with Gasteiger partial charge < -0.3 is 20.1 Å². The molecule has 5 rings (SSSR count). The predicted molar refractivity (Wildman–Crippen MR) is 122 cm³/mol. The number of ketones is 1. The minimum absolute atomic E-state index is 0.0168. The second kappa shape index (κ2) is 8.44. The van der Waals surface area contributed by atoms with Crippen LogP contribution in [0.25, 0.3) is 32.6 Å². The van der Waals surface area contributed by atoms with Crippen LogP contribution < -0.4 is 20.3 Å². The number of methoxy groups -OCH3 is 1. The highest BCUT2D eigenvalue weighted by Crippen LogP contribution is 2.43. The fourth-order valence-electron chi connectivity index (χ4n) is 3.78. The Balaban J connectivity index is 1.78. The number of carbonyl (C=O) groups excluding carboxylic acids is 1. The molecule has 2 N–H and O–H groups in total. The van der Waals surface area contributed by atoms with Crippen LogP contribution >= 0.6 is 11.3 Å². The van der Waals surface area contributed by atoms with Crippen LogP contribution in [-0.2, 0) is 7.05 Å². The van der Waals surface area contributed by atoms with Gasteiger partial charge in [0.25, 0.3) is 5.78 Å². The number of benzene rings is 2. The first-order chi connectivity index (χ1) is 16.8. The zero-order valence-corrected chi connectivity index (χ0v) is 19.2. The number of halogens is 2. The van der Waals surface area contributed by atoms with Crippen molar-refractivity contribution in [3.05, 3.63) is 70.7 Å². The molecule has 176 valence electrons. The van der Waals surface area contributed by atoms with E-state index in [-0.39, 0.29) is 21.8 Å². The predicted octanol–water partition coefficient (Wildman–Crippen LogP) is 3.62. The van der Waals surface area contributed by atoms with Crippen LogP contribution in [-0.4, -0.2) is 23.1 Å². The van der Waals surface area contributed by atoms with E-state index in [1.165, 1.54) is 13.1 Å². The van der Waals surface area contributed by atoms with E-state index in [9.17, 15) is 18.7 Å². The van der Waals surface area contributed by atoms with Crippen molar-refractivity contribution < 1.29 is 32.6 Å². The summed E-state index contributed by atoms with van der Waals surface area (Å²) in [5.41, 5.74) is 7.64. The molecule has 0 bridgehead atoms. The zero-order valence-electron chi connectivity index (χ0n) is 18.3. The van der Waals surface area contributed by atoms with Crippen molar-refractivity contribution in [2.24, 2.45) is 7.05 Å². The summed E-state index contributed by atoms with van der Waals surface area (Å²) >= 11 is 0.953. The molecule has 0 amide bonds. The van der Waals surface area contributed by atoms with E-state index in [1.54, 1.807) is 37.4 Å². The van der Waals surface area contributed by atoms with Crippen molar-refractivity contribution in [2.45, 2.75) is 0 Å². The fourth-order valence-corrected chi connectivity index (χ4v) is 4.84. The first-order valence-electron chi connectivity index (χ1n) is 10.2. The van der Waals surface area contributed by atoms with E-state index in [1.807, 2.05) is 0 Å². The lowest BCUT2D eigenvalue weighted by Gasteiger charge is -2.10. The summed E-state index contributed by atoms with van der Waals surface area (Å²) in [5.74, 6) is -2.50. The van der Waals surface area contributed by atoms with Gasteiger partial charge in [-0.2, -0.15) is 0 Å². The third-order valence-corrected chi connectivity index (χ3v) is 6.59. The van der Waals surface area contributed by atoms with Gasteiger partial charge in [-0.3, -0.25) is 4.79 Å². The SMILES string of the molecule is COc1ccc(-c2cc(-c3ccc(F)cc3F)c3c(N)c(C(=O)c4c([O-])on[n+]4C)sc3n2)cc1. The molecule has 0 atom stereocenters. The average Bonchev–Trinajstić information content (AvgIpc) is 3.36. The molecular weight excluding hydrogens is 478 g/mol. The highest BCUT2D eigenvalue weighted by Gasteiger charge is 2.30. The molecule has 0 aliphatic heterocycles. The number of hydrogen-bond acceptors (Lipinski definition) is 8. The lowest BCUT2D eigenvalue weighted by molar-refractivity contribution is -0.741. The smallest absolute Gasteiger partial charge is 0.305 e. The Morgan fingerprint density at radius 3 is 2.51 bits per heavy atom. The summed E-state index contributed by atoms with van der Waals surface area (Å²) in [6.45, 7) is 0. The van der Waals surface area contributed by atoms with Crippen LogP contribution in [0.2, 0.25) is 0 Å². The molecule has 11 heteroatoms. The molecule has 8 nitrogen and oxygen atoms in total. The Morgan fingerprint density at radius 2 is 1.89 bits per heavy atom. The van der Waals surface area contributed by atoms with E-state index in [2.05, 4.69) is 14.8 Å². The number of pyridine rings is 1. The molecule has 0 radical (unpaired) electrons. The highest BCUT2D eigenvalue weighted by atomic mass is 32.1. The highest BCUT2D eigenvalue weighted by molar-refractivity contribution is 7.21. The molecule has 5 aromatic rings. The van der Waals surface area contributed by atoms with Gasteiger partial charge in [-0.25, -0.2) is 13.8 Å². The van der Waals surface area contributed by atoms with Crippen molar-refractivity contribution in [2.75, 3.05) is 12.8 Å². The first-order valence-corrected chi connectivity index (χ1v) is 11.0. The van der Waals surface area contributed by atoms with Crippen molar-refractivity contribution in [3.63, 3.8) is 0 Å². The molecule has 0 saturated heterocycles. The maximum absolute atomic E-state index is 14.9. The van der Waals surface area contributed by atoms with E-state index >= 15 is 0 Å². The molecule has 0 fully saturated rings. The Kier molecular flexibility index (Phi) is 5.40. The molecule has 3 aromatic heterocycles. The van der Waals surface area contributed by atoms with Crippen LogP contribution in [0.3, 0.4) is 0 Å². The molecule has 2 aromatic carbocycles. The van der Waals surface area contributed by atoms with Gasteiger partial charge in [-0.1, -0.05) is 4.68 Å². The van der Waals surface area contributed by atoms with Gasteiger partial charge in [0.1, 0.15) is 27.1 Å². The number of aromatic nitrogens is 3. The van der Waals surface area contributed by atoms with E-state index in [4.69, 9.17) is 10.5 Å². The Hall–Kier alpha value is -4.38. The van der Waals surface area contributed by atoms with Crippen molar-refractivity contribution in [1.29, 1.82) is 0 Å². The molecule has 0 unspecified atom stereocenters. The fraction of sp³-hybridized carbons (Fsp3) is 0.0833. The quantitative estimate of drug-likeness (QED) is 0.293. The van der Waals surface area contributed by atoms with Gasteiger partial charge in [0.15, 0.2) is 13.0 Å². The van der Waals surface area contributed by atoms with Crippen molar-refractivity contribution >= 4 is 33.0 Å². The number of aryl methyl sites for hydroxylation is 1. The molecule has 0 aliphatic rings. The molecule has 3 heterocycles. The third kappa shape index (κ3) is 3.75. The monoisotopic (exact) mass is 494 g/mol. The van der Waals surface area contributed by atoms with Crippen LogP contribution in [0.15, 0.2) is 53.1 Å². The van der Waals surface area contributed by atoms with Crippen molar-refractivity contribution in [3.8, 4) is 34.1 Å².